The maximum atomic E-state index is 11.7. The Bertz CT molecular complexity index is 737. The first-order valence-electron chi connectivity index (χ1n) is 6.23. The molecule has 0 bridgehead atoms. The Balaban J connectivity index is 0.00000161. The van der Waals surface area contributed by atoms with Gasteiger partial charge in [0.15, 0.2) is 11.2 Å². The highest BCUT2D eigenvalue weighted by Gasteiger charge is 2.37. The lowest BCUT2D eigenvalue weighted by Crippen LogP contribution is -2.17. The van der Waals surface area contributed by atoms with Crippen molar-refractivity contribution in [2.45, 2.75) is 18.6 Å². The monoisotopic (exact) mass is 295 g/mol. The predicted molar refractivity (Wildman–Crippen MR) is 75.6 cm³/mol. The number of hydrogen-bond acceptors (Lipinski definition) is 6. The number of nitrogens with two attached hydrogens (primary N) is 1. The van der Waals surface area contributed by atoms with E-state index in [0.717, 1.165) is 0 Å². The smallest absolute Gasteiger partial charge is 0.280 e. The molecule has 9 heteroatoms. The van der Waals surface area contributed by atoms with Crippen molar-refractivity contribution < 1.29 is 15.7 Å². The van der Waals surface area contributed by atoms with E-state index in [9.17, 15) is 15.0 Å². The normalized spacial score (nSPS) is 25.2. The lowest BCUT2D eigenvalue weighted by atomic mass is 10.0. The number of fused-ring (bicyclic) bond motifs is 1. The van der Waals surface area contributed by atoms with Crippen LogP contribution in [0.2, 0.25) is 0 Å². The Labute approximate surface area is 119 Å². The van der Waals surface area contributed by atoms with Crippen LogP contribution < -0.4 is 11.3 Å². The van der Waals surface area contributed by atoms with Gasteiger partial charge in [0.2, 0.25) is 5.95 Å². The molecular weight excluding hydrogens is 278 g/mol. The molecule has 2 aromatic rings. The molecule has 3 rings (SSSR count). The summed E-state index contributed by atoms with van der Waals surface area (Å²) in [6.45, 7) is 3.76. The second-order valence-corrected chi connectivity index (χ2v) is 4.96. The van der Waals surface area contributed by atoms with Crippen LogP contribution in [0.4, 0.5) is 5.95 Å². The summed E-state index contributed by atoms with van der Waals surface area (Å²) in [7, 11) is 0. The average molecular weight is 295 g/mol. The number of anilines is 1. The average Bonchev–Trinajstić information content (AvgIpc) is 2.91. The first-order valence-corrected chi connectivity index (χ1v) is 6.23. The summed E-state index contributed by atoms with van der Waals surface area (Å²) in [4.78, 5) is 22.2. The van der Waals surface area contributed by atoms with E-state index in [1.54, 1.807) is 4.57 Å². The Morgan fingerprint density at radius 1 is 1.57 bits per heavy atom. The van der Waals surface area contributed by atoms with Crippen molar-refractivity contribution in [2.75, 3.05) is 12.3 Å². The van der Waals surface area contributed by atoms with E-state index < -0.39 is 11.7 Å². The number of nitrogens with one attached hydrogen (secondary N) is 1. The highest BCUT2D eigenvalue weighted by atomic mass is 16.3. The molecule has 0 spiro atoms. The van der Waals surface area contributed by atoms with Crippen LogP contribution in [0, 0.1) is 5.92 Å². The molecule has 1 aliphatic carbocycles. The van der Waals surface area contributed by atoms with Crippen molar-refractivity contribution in [1.82, 2.24) is 19.5 Å². The number of aromatic nitrogens is 4. The van der Waals surface area contributed by atoms with Crippen molar-refractivity contribution in [1.29, 1.82) is 0 Å². The van der Waals surface area contributed by atoms with Gasteiger partial charge in [-0.2, -0.15) is 4.98 Å². The van der Waals surface area contributed by atoms with Crippen LogP contribution >= 0.6 is 0 Å². The molecule has 1 unspecified atom stereocenters. The number of rotatable bonds is 2. The van der Waals surface area contributed by atoms with Crippen molar-refractivity contribution in [2.24, 2.45) is 5.92 Å². The maximum Gasteiger partial charge on any atom is 0.280 e. The molecule has 0 aromatic carbocycles. The van der Waals surface area contributed by atoms with E-state index in [-0.39, 0.29) is 35.5 Å². The van der Waals surface area contributed by atoms with E-state index in [4.69, 9.17) is 5.73 Å². The summed E-state index contributed by atoms with van der Waals surface area (Å²) in [6.07, 6.45) is 1.20. The minimum Gasteiger partial charge on any atom is -0.412 e. The van der Waals surface area contributed by atoms with Crippen LogP contribution in [0.1, 0.15) is 12.5 Å². The van der Waals surface area contributed by atoms with Crippen LogP contribution in [-0.4, -0.2) is 47.9 Å². The first-order chi connectivity index (χ1) is 9.52. The summed E-state index contributed by atoms with van der Waals surface area (Å²) in [6, 6.07) is -0.263. The molecule has 0 amide bonds. The van der Waals surface area contributed by atoms with Gasteiger partial charge in [0.25, 0.3) is 5.56 Å². The van der Waals surface area contributed by atoms with E-state index in [0.29, 0.717) is 17.6 Å². The van der Waals surface area contributed by atoms with Gasteiger partial charge in [-0.25, -0.2) is 4.98 Å². The van der Waals surface area contributed by atoms with Crippen LogP contribution in [0.25, 0.3) is 11.2 Å². The Hall–Kier alpha value is -2.23. The summed E-state index contributed by atoms with van der Waals surface area (Å²) >= 11 is 0. The quantitative estimate of drug-likeness (QED) is 0.485. The van der Waals surface area contributed by atoms with Gasteiger partial charge in [0.1, 0.15) is 0 Å². The summed E-state index contributed by atoms with van der Waals surface area (Å²) in [5.74, 6) is -0.371. The molecule has 2 aromatic heterocycles. The summed E-state index contributed by atoms with van der Waals surface area (Å²) < 4.78 is 1.67. The van der Waals surface area contributed by atoms with E-state index in [1.165, 1.54) is 6.33 Å². The Morgan fingerprint density at radius 3 is 2.90 bits per heavy atom. The predicted octanol–water partition coefficient (Wildman–Crippen LogP) is -1.65. The summed E-state index contributed by atoms with van der Waals surface area (Å²) in [5, 5.41) is 19.2. The van der Waals surface area contributed by atoms with Crippen molar-refractivity contribution in [3.05, 3.63) is 28.8 Å². The lowest BCUT2D eigenvalue weighted by molar-refractivity contribution is 0.101. The maximum absolute atomic E-state index is 11.7. The van der Waals surface area contributed by atoms with Crippen LogP contribution in [0.15, 0.2) is 23.3 Å². The van der Waals surface area contributed by atoms with Gasteiger partial charge in [-0.1, -0.05) is 6.58 Å². The Morgan fingerprint density at radius 2 is 2.29 bits per heavy atom. The third kappa shape index (κ3) is 2.20. The van der Waals surface area contributed by atoms with Gasteiger partial charge < -0.3 is 26.0 Å². The minimum atomic E-state index is -0.672. The minimum absolute atomic E-state index is 0. The van der Waals surface area contributed by atoms with E-state index in [2.05, 4.69) is 21.5 Å². The highest BCUT2D eigenvalue weighted by molar-refractivity contribution is 5.70. The fourth-order valence-corrected chi connectivity index (χ4v) is 2.74. The number of hydrogen-bond donors (Lipinski definition) is 4. The molecule has 1 fully saturated rings. The molecule has 3 atom stereocenters. The zero-order chi connectivity index (χ0) is 14.4. The second kappa shape index (κ2) is 5.28. The second-order valence-electron chi connectivity index (χ2n) is 4.96. The standard InChI is InChI=1S/C12H15N5O3.H2O/c1-5-6(3-18)8(19)2-7(5)17-4-14-9-10(17)15-12(13)16-11(9)20;/h4,6-8,18-19H,1-3H2,(H3,13,15,16,20);1H2/t6?,7-,8-;/m0./s1. The number of nitrogens with zero attached hydrogens (tertiary/aromatic N) is 3. The summed E-state index contributed by atoms with van der Waals surface area (Å²) in [5.41, 5.74) is 6.37. The van der Waals surface area contributed by atoms with Gasteiger partial charge in [0, 0.05) is 5.92 Å². The van der Waals surface area contributed by atoms with Gasteiger partial charge in [-0.3, -0.25) is 9.78 Å². The van der Waals surface area contributed by atoms with Crippen LogP contribution in [0.5, 0.6) is 0 Å². The molecule has 21 heavy (non-hydrogen) atoms. The van der Waals surface area contributed by atoms with Crippen LogP contribution in [-0.2, 0) is 0 Å². The SMILES string of the molecule is C=C1C(CO)[C@@H](O)C[C@@H]1n1cnc2c(=O)[nH]c(N)nc21.O. The van der Waals surface area contributed by atoms with Crippen molar-refractivity contribution >= 4 is 17.1 Å². The van der Waals surface area contributed by atoms with Crippen molar-refractivity contribution in [3.63, 3.8) is 0 Å². The molecule has 1 aliphatic rings. The first kappa shape index (κ1) is 15.2. The number of aliphatic hydroxyl groups is 2. The molecular formula is C12H17N5O4. The molecule has 0 aliphatic heterocycles. The molecule has 9 nitrogen and oxygen atoms in total. The van der Waals surface area contributed by atoms with Gasteiger partial charge in [-0.15, -0.1) is 0 Å². The van der Waals surface area contributed by atoms with E-state index in [1.807, 2.05) is 0 Å². The molecule has 0 radical (unpaired) electrons. The third-order valence-corrected chi connectivity index (χ3v) is 3.82. The molecule has 114 valence electrons. The number of nitrogen functional groups attached to an aromatic ring is 1. The van der Waals surface area contributed by atoms with Gasteiger partial charge in [-0.05, 0) is 12.0 Å². The van der Waals surface area contributed by atoms with E-state index >= 15 is 0 Å². The fraction of sp³-hybridized carbons (Fsp3) is 0.417. The van der Waals surface area contributed by atoms with Crippen LogP contribution in [0.3, 0.4) is 0 Å². The molecule has 2 heterocycles. The number of aromatic amines is 1. The number of H-pyrrole nitrogens is 1. The van der Waals surface area contributed by atoms with Gasteiger partial charge in [0.05, 0.1) is 25.1 Å². The topological polar surface area (TPSA) is 162 Å². The zero-order valence-corrected chi connectivity index (χ0v) is 11.2. The molecule has 0 saturated heterocycles. The zero-order valence-electron chi connectivity index (χ0n) is 11.2. The number of imidazole rings is 1. The highest BCUT2D eigenvalue weighted by Crippen LogP contribution is 2.39. The third-order valence-electron chi connectivity index (χ3n) is 3.82. The molecule has 1 saturated carbocycles. The van der Waals surface area contributed by atoms with Crippen molar-refractivity contribution in [3.8, 4) is 0 Å². The fourth-order valence-electron chi connectivity index (χ4n) is 2.74. The number of aliphatic hydroxyl groups excluding tert-OH is 2. The largest absolute Gasteiger partial charge is 0.412 e. The van der Waals surface area contributed by atoms with Gasteiger partial charge >= 0.3 is 0 Å². The lowest BCUT2D eigenvalue weighted by Gasteiger charge is -2.15. The molecule has 7 N–H and O–H groups in total. The Kier molecular flexibility index (Phi) is 3.81.